The first-order chi connectivity index (χ1) is 8.49. The van der Waals surface area contributed by atoms with Gasteiger partial charge in [0.2, 0.25) is 5.91 Å². The molecule has 1 aromatic rings. The number of aryl methyl sites for hydroxylation is 1. The maximum Gasteiger partial charge on any atom is 0.339 e. The summed E-state index contributed by atoms with van der Waals surface area (Å²) in [5, 5.41) is 15.1. The molecule has 0 saturated carbocycles. The van der Waals surface area contributed by atoms with Crippen LogP contribution in [0.1, 0.15) is 34.1 Å². The molecule has 0 spiro atoms. The summed E-state index contributed by atoms with van der Waals surface area (Å²) < 4.78 is 0. The zero-order valence-electron chi connectivity index (χ0n) is 9.70. The highest BCUT2D eigenvalue weighted by molar-refractivity contribution is 7.80. The Bertz CT molecular complexity index is 537. The Morgan fingerprint density at radius 2 is 2.11 bits per heavy atom. The van der Waals surface area contributed by atoms with E-state index in [9.17, 15) is 14.7 Å². The number of anilines is 1. The number of thiophene rings is 1. The molecule has 0 saturated heterocycles. The van der Waals surface area contributed by atoms with E-state index in [-0.39, 0.29) is 11.0 Å². The number of nitrogens with one attached hydrogen (secondary N) is 2. The number of fused-ring (bicyclic) bond motifs is 1. The molecule has 7 heteroatoms. The molecule has 5 nitrogen and oxygen atoms in total. The first-order valence-corrected chi connectivity index (χ1v) is 6.68. The fraction of sp³-hybridized carbons (Fsp3) is 0.364. The van der Waals surface area contributed by atoms with Gasteiger partial charge in [-0.3, -0.25) is 4.79 Å². The Morgan fingerprint density at radius 1 is 1.39 bits per heavy atom. The van der Waals surface area contributed by atoms with E-state index >= 15 is 0 Å². The van der Waals surface area contributed by atoms with Gasteiger partial charge in [0.1, 0.15) is 5.00 Å². The van der Waals surface area contributed by atoms with Gasteiger partial charge in [-0.15, -0.1) is 11.3 Å². The lowest BCUT2D eigenvalue weighted by Gasteiger charge is -2.07. The van der Waals surface area contributed by atoms with Crippen molar-refractivity contribution in [1.29, 1.82) is 0 Å². The second-order valence-electron chi connectivity index (χ2n) is 4.00. The molecule has 1 aliphatic carbocycles. The van der Waals surface area contributed by atoms with Crippen LogP contribution in [0.2, 0.25) is 0 Å². The summed E-state index contributed by atoms with van der Waals surface area (Å²) in [6.07, 6.45) is 2.70. The predicted octanol–water partition coefficient (Wildman–Crippen LogP) is 1.77. The Morgan fingerprint density at radius 3 is 2.72 bits per heavy atom. The number of carbonyl (C=O) groups is 2. The van der Waals surface area contributed by atoms with Crippen LogP contribution in [0.3, 0.4) is 0 Å². The lowest BCUT2D eigenvalue weighted by Crippen LogP contribution is -2.32. The molecule has 0 radical (unpaired) electrons. The Hall–Kier alpha value is -1.47. The summed E-state index contributed by atoms with van der Waals surface area (Å²) >= 11 is 6.34. The largest absolute Gasteiger partial charge is 0.478 e. The number of rotatable bonds is 2. The molecule has 1 aliphatic rings. The molecular weight excluding hydrogens is 272 g/mol. The standard InChI is InChI=1S/C11H12N2O3S2/c1-5(14)12-11(17)13-9-8(10(15)16)6-3-2-4-7(6)18-9/h2-4H2,1H3,(H,15,16)(H2,12,13,14,17). The summed E-state index contributed by atoms with van der Waals surface area (Å²) in [6.45, 7) is 1.35. The van der Waals surface area contributed by atoms with Crippen molar-refractivity contribution < 1.29 is 14.7 Å². The molecule has 0 aromatic carbocycles. The van der Waals surface area contributed by atoms with Crippen molar-refractivity contribution >= 4 is 45.5 Å². The van der Waals surface area contributed by atoms with Crippen LogP contribution < -0.4 is 10.6 Å². The van der Waals surface area contributed by atoms with Crippen LogP contribution in [0.4, 0.5) is 5.00 Å². The minimum atomic E-state index is -0.956. The van der Waals surface area contributed by atoms with Crippen molar-refractivity contribution in [3.8, 4) is 0 Å². The maximum atomic E-state index is 11.3. The fourth-order valence-corrected chi connectivity index (χ4v) is 3.61. The molecule has 0 unspecified atom stereocenters. The topological polar surface area (TPSA) is 78.4 Å². The van der Waals surface area contributed by atoms with Crippen LogP contribution in [0.5, 0.6) is 0 Å². The second-order valence-corrected chi connectivity index (χ2v) is 5.52. The highest BCUT2D eigenvalue weighted by Gasteiger charge is 2.26. The molecule has 18 heavy (non-hydrogen) atoms. The lowest BCUT2D eigenvalue weighted by atomic mass is 10.1. The van der Waals surface area contributed by atoms with E-state index in [4.69, 9.17) is 12.2 Å². The quantitative estimate of drug-likeness (QED) is 0.721. The number of carboxylic acid groups (broad SMARTS) is 1. The third kappa shape index (κ3) is 2.51. The number of thiocarbonyl (C=S) groups is 1. The summed E-state index contributed by atoms with van der Waals surface area (Å²) in [6, 6.07) is 0. The van der Waals surface area contributed by atoms with E-state index in [0.717, 1.165) is 29.7 Å². The van der Waals surface area contributed by atoms with Gasteiger partial charge in [-0.1, -0.05) is 0 Å². The Kier molecular flexibility index (Phi) is 3.63. The van der Waals surface area contributed by atoms with Gasteiger partial charge >= 0.3 is 5.97 Å². The van der Waals surface area contributed by atoms with Crippen LogP contribution in [0, 0.1) is 0 Å². The molecule has 0 atom stereocenters. The SMILES string of the molecule is CC(=O)NC(=S)Nc1sc2c(c1C(=O)O)CCC2. The number of aromatic carboxylic acids is 1. The summed E-state index contributed by atoms with van der Waals surface area (Å²) in [5.74, 6) is -1.24. The Balaban J connectivity index is 2.26. The summed E-state index contributed by atoms with van der Waals surface area (Å²) in [4.78, 5) is 23.2. The molecule has 1 heterocycles. The van der Waals surface area contributed by atoms with Crippen LogP contribution in [-0.4, -0.2) is 22.1 Å². The van der Waals surface area contributed by atoms with E-state index in [2.05, 4.69) is 10.6 Å². The lowest BCUT2D eigenvalue weighted by molar-refractivity contribution is -0.117. The van der Waals surface area contributed by atoms with E-state index in [0.29, 0.717) is 10.6 Å². The summed E-state index contributed by atoms with van der Waals surface area (Å²) in [5.41, 5.74) is 1.20. The fourth-order valence-electron chi connectivity index (χ4n) is 2.01. The predicted molar refractivity (Wildman–Crippen MR) is 73.3 cm³/mol. The number of hydrogen-bond acceptors (Lipinski definition) is 4. The van der Waals surface area contributed by atoms with E-state index < -0.39 is 5.97 Å². The minimum Gasteiger partial charge on any atom is -0.478 e. The maximum absolute atomic E-state index is 11.3. The first kappa shape index (κ1) is 13.0. The zero-order chi connectivity index (χ0) is 13.3. The zero-order valence-corrected chi connectivity index (χ0v) is 11.3. The van der Waals surface area contributed by atoms with Crippen LogP contribution in [-0.2, 0) is 17.6 Å². The van der Waals surface area contributed by atoms with Crippen LogP contribution in [0.15, 0.2) is 0 Å². The number of hydrogen-bond donors (Lipinski definition) is 3. The molecule has 2 rings (SSSR count). The molecule has 0 bridgehead atoms. The molecule has 1 aromatic heterocycles. The van der Waals surface area contributed by atoms with Gasteiger partial charge in [-0.05, 0) is 37.0 Å². The number of carbonyl (C=O) groups excluding carboxylic acids is 1. The van der Waals surface area contributed by atoms with Gasteiger partial charge in [0, 0.05) is 11.8 Å². The van der Waals surface area contributed by atoms with Gasteiger partial charge in [0.15, 0.2) is 5.11 Å². The van der Waals surface area contributed by atoms with E-state index in [1.807, 2.05) is 0 Å². The molecule has 0 aliphatic heterocycles. The van der Waals surface area contributed by atoms with Crippen LogP contribution >= 0.6 is 23.6 Å². The van der Waals surface area contributed by atoms with E-state index in [1.54, 1.807) is 0 Å². The molecule has 96 valence electrons. The normalized spacial score (nSPS) is 12.9. The Labute approximate surface area is 113 Å². The van der Waals surface area contributed by atoms with Gasteiger partial charge in [0.05, 0.1) is 5.56 Å². The minimum absolute atomic E-state index is 0.130. The average molecular weight is 284 g/mol. The second kappa shape index (κ2) is 5.03. The van der Waals surface area contributed by atoms with Crippen LogP contribution in [0.25, 0.3) is 0 Å². The van der Waals surface area contributed by atoms with Crippen molar-refractivity contribution in [2.75, 3.05) is 5.32 Å². The third-order valence-corrected chi connectivity index (χ3v) is 4.06. The first-order valence-electron chi connectivity index (χ1n) is 5.45. The highest BCUT2D eigenvalue weighted by atomic mass is 32.1. The van der Waals surface area contributed by atoms with Crippen molar-refractivity contribution in [2.24, 2.45) is 0 Å². The monoisotopic (exact) mass is 284 g/mol. The number of amides is 1. The summed E-state index contributed by atoms with van der Waals surface area (Å²) in [7, 11) is 0. The molecular formula is C11H12N2O3S2. The van der Waals surface area contributed by atoms with Gasteiger partial charge in [-0.2, -0.15) is 0 Å². The molecule has 0 fully saturated rings. The van der Waals surface area contributed by atoms with Gasteiger partial charge < -0.3 is 15.7 Å². The highest BCUT2D eigenvalue weighted by Crippen LogP contribution is 2.38. The van der Waals surface area contributed by atoms with Gasteiger partial charge in [0.25, 0.3) is 0 Å². The van der Waals surface area contributed by atoms with E-state index in [1.165, 1.54) is 18.3 Å². The van der Waals surface area contributed by atoms with Crippen molar-refractivity contribution in [3.05, 3.63) is 16.0 Å². The van der Waals surface area contributed by atoms with Crippen molar-refractivity contribution in [3.63, 3.8) is 0 Å². The van der Waals surface area contributed by atoms with Crippen molar-refractivity contribution in [2.45, 2.75) is 26.2 Å². The molecule has 1 amide bonds. The third-order valence-electron chi connectivity index (χ3n) is 2.65. The average Bonchev–Trinajstić information content (AvgIpc) is 2.74. The number of carboxylic acids is 1. The van der Waals surface area contributed by atoms with Gasteiger partial charge in [-0.25, -0.2) is 4.79 Å². The smallest absolute Gasteiger partial charge is 0.339 e. The van der Waals surface area contributed by atoms with Crippen molar-refractivity contribution in [1.82, 2.24) is 5.32 Å². The molecule has 3 N–H and O–H groups in total.